The zero-order valence-corrected chi connectivity index (χ0v) is 17.9. The minimum atomic E-state index is -0.503. The molecule has 6 heteroatoms. The van der Waals surface area contributed by atoms with Crippen LogP contribution in [0.4, 0.5) is 0 Å². The predicted octanol–water partition coefficient (Wildman–Crippen LogP) is 4.29. The monoisotopic (exact) mass is 419 g/mol. The highest BCUT2D eigenvalue weighted by Gasteiger charge is 2.24. The number of aryl methyl sites for hydroxylation is 2. The molecular formula is C25H25NO5. The summed E-state index contributed by atoms with van der Waals surface area (Å²) in [6.07, 6.45) is -0.165. The van der Waals surface area contributed by atoms with Gasteiger partial charge >= 0.3 is 5.97 Å². The Morgan fingerprint density at radius 2 is 1.81 bits per heavy atom. The molecule has 160 valence electrons. The van der Waals surface area contributed by atoms with Gasteiger partial charge in [-0.25, -0.2) is 4.79 Å². The van der Waals surface area contributed by atoms with Crippen LogP contribution in [0.15, 0.2) is 54.6 Å². The second-order valence-corrected chi connectivity index (χ2v) is 7.76. The van der Waals surface area contributed by atoms with E-state index in [1.54, 1.807) is 18.2 Å². The first kappa shape index (κ1) is 20.7. The van der Waals surface area contributed by atoms with Crippen LogP contribution in [0.2, 0.25) is 0 Å². The molecule has 1 aliphatic rings. The molecule has 0 amide bonds. The molecule has 0 aliphatic carbocycles. The van der Waals surface area contributed by atoms with Gasteiger partial charge in [0, 0.05) is 17.0 Å². The molecule has 0 fully saturated rings. The number of fused-ring (bicyclic) bond motifs is 1. The van der Waals surface area contributed by atoms with Crippen molar-refractivity contribution in [3.63, 3.8) is 0 Å². The molecule has 0 spiro atoms. The highest BCUT2D eigenvalue weighted by atomic mass is 16.6. The van der Waals surface area contributed by atoms with E-state index in [0.717, 1.165) is 28.5 Å². The van der Waals surface area contributed by atoms with Gasteiger partial charge < -0.3 is 18.8 Å². The van der Waals surface area contributed by atoms with Crippen molar-refractivity contribution in [2.45, 2.75) is 33.4 Å². The maximum Gasteiger partial charge on any atom is 0.338 e. The normalized spacial score (nSPS) is 14.9. The van der Waals surface area contributed by atoms with Crippen LogP contribution < -0.4 is 9.47 Å². The Hall–Kier alpha value is -3.54. The average Bonchev–Trinajstić information content (AvgIpc) is 3.05. The third-order valence-electron chi connectivity index (χ3n) is 5.42. The van der Waals surface area contributed by atoms with E-state index in [-0.39, 0.29) is 18.5 Å². The Morgan fingerprint density at radius 1 is 1.03 bits per heavy atom. The smallest absolute Gasteiger partial charge is 0.338 e. The van der Waals surface area contributed by atoms with Crippen molar-refractivity contribution in [1.29, 1.82) is 0 Å². The Bertz CT molecular complexity index is 1130. The van der Waals surface area contributed by atoms with Crippen LogP contribution in [0.3, 0.4) is 0 Å². The van der Waals surface area contributed by atoms with Gasteiger partial charge in [0.1, 0.15) is 6.61 Å². The quantitative estimate of drug-likeness (QED) is 0.440. The van der Waals surface area contributed by atoms with Crippen LogP contribution in [-0.4, -0.2) is 35.6 Å². The first-order valence-electron chi connectivity index (χ1n) is 10.2. The first-order valence-corrected chi connectivity index (χ1v) is 10.2. The Morgan fingerprint density at radius 3 is 2.58 bits per heavy atom. The van der Waals surface area contributed by atoms with Crippen molar-refractivity contribution < 1.29 is 23.8 Å². The molecule has 1 aromatic heterocycles. The Labute approximate surface area is 181 Å². The third-order valence-corrected chi connectivity index (χ3v) is 5.42. The van der Waals surface area contributed by atoms with Gasteiger partial charge in [-0.15, -0.1) is 0 Å². The molecule has 1 aliphatic heterocycles. The van der Waals surface area contributed by atoms with E-state index < -0.39 is 5.97 Å². The van der Waals surface area contributed by atoms with Crippen molar-refractivity contribution in [3.05, 3.63) is 82.7 Å². The number of aromatic nitrogens is 1. The van der Waals surface area contributed by atoms with Gasteiger partial charge in [-0.1, -0.05) is 29.8 Å². The lowest BCUT2D eigenvalue weighted by atomic mass is 10.1. The molecule has 0 radical (unpaired) electrons. The molecule has 6 nitrogen and oxygen atoms in total. The number of rotatable bonds is 6. The van der Waals surface area contributed by atoms with Gasteiger partial charge in [-0.2, -0.15) is 0 Å². The Kier molecular flexibility index (Phi) is 5.80. The summed E-state index contributed by atoms with van der Waals surface area (Å²) in [5, 5.41) is 0. The number of carbonyl (C=O) groups excluding carboxylic acids is 2. The molecule has 0 N–H and O–H groups in total. The molecular weight excluding hydrogens is 394 g/mol. The fourth-order valence-electron chi connectivity index (χ4n) is 3.79. The van der Waals surface area contributed by atoms with E-state index >= 15 is 0 Å². The number of para-hydroxylation sites is 2. The van der Waals surface area contributed by atoms with Crippen LogP contribution in [0, 0.1) is 20.8 Å². The number of ketones is 1. The number of hydrogen-bond acceptors (Lipinski definition) is 5. The summed E-state index contributed by atoms with van der Waals surface area (Å²) in [6, 6.07) is 16.5. The van der Waals surface area contributed by atoms with Gasteiger partial charge in [0.2, 0.25) is 5.78 Å². The zero-order valence-electron chi connectivity index (χ0n) is 17.9. The van der Waals surface area contributed by atoms with E-state index in [1.165, 1.54) is 0 Å². The maximum absolute atomic E-state index is 12.7. The van der Waals surface area contributed by atoms with Gasteiger partial charge in [-0.3, -0.25) is 4.79 Å². The molecule has 0 bridgehead atoms. The minimum Gasteiger partial charge on any atom is -0.486 e. The lowest BCUT2D eigenvalue weighted by Gasteiger charge is -2.27. The van der Waals surface area contributed by atoms with Crippen molar-refractivity contribution in [2.24, 2.45) is 0 Å². The fourth-order valence-corrected chi connectivity index (χ4v) is 3.79. The van der Waals surface area contributed by atoms with Crippen LogP contribution in [0.1, 0.15) is 37.7 Å². The number of ether oxygens (including phenoxy) is 3. The second kappa shape index (κ2) is 8.68. The summed E-state index contributed by atoms with van der Waals surface area (Å²) in [5.41, 5.74) is 3.70. The first-order chi connectivity index (χ1) is 14.9. The largest absolute Gasteiger partial charge is 0.486 e. The van der Waals surface area contributed by atoms with E-state index in [2.05, 4.69) is 0 Å². The second-order valence-electron chi connectivity index (χ2n) is 7.76. The summed E-state index contributed by atoms with van der Waals surface area (Å²) in [7, 11) is 0. The lowest BCUT2D eigenvalue weighted by molar-refractivity contribution is 0.0474. The summed E-state index contributed by atoms with van der Waals surface area (Å²) in [6.45, 7) is 6.43. The minimum absolute atomic E-state index is 0.165. The summed E-state index contributed by atoms with van der Waals surface area (Å²) < 4.78 is 19.1. The number of hydrogen-bond donors (Lipinski definition) is 0. The number of Topliss-reactive ketones (excluding diaryl/α,β-unsaturated/α-hetero) is 1. The molecule has 1 atom stereocenters. The number of benzene rings is 2. The predicted molar refractivity (Wildman–Crippen MR) is 116 cm³/mol. The van der Waals surface area contributed by atoms with Gasteiger partial charge in [0.25, 0.3) is 0 Å². The zero-order chi connectivity index (χ0) is 22.0. The van der Waals surface area contributed by atoms with E-state index in [1.807, 2.05) is 61.7 Å². The molecule has 31 heavy (non-hydrogen) atoms. The van der Waals surface area contributed by atoms with Gasteiger partial charge in [0.15, 0.2) is 24.2 Å². The van der Waals surface area contributed by atoms with E-state index in [9.17, 15) is 9.59 Å². The van der Waals surface area contributed by atoms with Crippen molar-refractivity contribution >= 4 is 11.8 Å². The topological polar surface area (TPSA) is 66.8 Å². The summed E-state index contributed by atoms with van der Waals surface area (Å²) >= 11 is 0. The number of nitrogens with zero attached hydrogens (tertiary/aromatic N) is 1. The molecule has 0 saturated heterocycles. The standard InChI is InChI=1S/C25H25NO5/c1-16-7-6-8-19(11-16)25(28)30-15-22(27)21-12-17(2)26(18(21)3)13-20-14-29-23-9-4-5-10-24(23)31-20/h4-12,20H,13-15H2,1-3H3. The molecule has 4 rings (SSSR count). The number of esters is 1. The molecule has 0 saturated carbocycles. The van der Waals surface area contributed by atoms with Gasteiger partial charge in [0.05, 0.1) is 12.1 Å². The number of carbonyl (C=O) groups is 2. The van der Waals surface area contributed by atoms with Crippen LogP contribution in [0.25, 0.3) is 0 Å². The fraction of sp³-hybridized carbons (Fsp3) is 0.280. The molecule has 2 aromatic carbocycles. The lowest BCUT2D eigenvalue weighted by Crippen LogP contribution is -2.33. The van der Waals surface area contributed by atoms with E-state index in [0.29, 0.717) is 24.3 Å². The maximum atomic E-state index is 12.7. The van der Waals surface area contributed by atoms with Crippen LogP contribution in [-0.2, 0) is 11.3 Å². The van der Waals surface area contributed by atoms with Crippen LogP contribution >= 0.6 is 0 Å². The van der Waals surface area contributed by atoms with E-state index in [4.69, 9.17) is 14.2 Å². The third kappa shape index (κ3) is 4.48. The molecule has 2 heterocycles. The highest BCUT2D eigenvalue weighted by molar-refractivity contribution is 6.00. The van der Waals surface area contributed by atoms with Crippen molar-refractivity contribution in [3.8, 4) is 11.5 Å². The molecule has 1 unspecified atom stereocenters. The summed E-state index contributed by atoms with van der Waals surface area (Å²) in [4.78, 5) is 25.0. The van der Waals surface area contributed by atoms with Gasteiger partial charge in [-0.05, 0) is 51.1 Å². The summed E-state index contributed by atoms with van der Waals surface area (Å²) in [5.74, 6) is 0.732. The SMILES string of the molecule is Cc1cccc(C(=O)OCC(=O)c2cc(C)n(CC3COc4ccccc4O3)c2C)c1. The van der Waals surface area contributed by atoms with Crippen molar-refractivity contribution in [1.82, 2.24) is 4.57 Å². The Balaban J connectivity index is 1.42. The average molecular weight is 419 g/mol. The van der Waals surface area contributed by atoms with Crippen molar-refractivity contribution in [2.75, 3.05) is 13.2 Å². The van der Waals surface area contributed by atoms with Crippen LogP contribution in [0.5, 0.6) is 11.5 Å². The highest BCUT2D eigenvalue weighted by Crippen LogP contribution is 2.31. The molecule has 3 aromatic rings.